The van der Waals surface area contributed by atoms with Crippen LogP contribution in [0.3, 0.4) is 0 Å². The van der Waals surface area contributed by atoms with E-state index >= 15 is 0 Å². The second-order valence-corrected chi connectivity index (χ2v) is 4.54. The standard InChI is InChI=1S/C15H15N3O2/c1-20-8-7-17-15(19)12-9-11-5-4-10-3-2-6-16-13(10)14(11)18-12/h2-6,9,18H,7-8H2,1H3,(H,17,19). The van der Waals surface area contributed by atoms with E-state index < -0.39 is 0 Å². The van der Waals surface area contributed by atoms with Gasteiger partial charge in [0.1, 0.15) is 5.69 Å². The van der Waals surface area contributed by atoms with Crippen molar-refractivity contribution in [1.82, 2.24) is 15.3 Å². The number of aromatic amines is 1. The van der Waals surface area contributed by atoms with Crippen molar-refractivity contribution in [3.63, 3.8) is 0 Å². The Bertz CT molecular complexity index is 764. The number of H-pyrrole nitrogens is 1. The van der Waals surface area contributed by atoms with Crippen LogP contribution >= 0.6 is 0 Å². The maximum absolute atomic E-state index is 12.0. The van der Waals surface area contributed by atoms with Gasteiger partial charge in [-0.05, 0) is 12.1 Å². The van der Waals surface area contributed by atoms with Crippen LogP contribution in [0.5, 0.6) is 0 Å². The molecule has 0 fully saturated rings. The fourth-order valence-corrected chi connectivity index (χ4v) is 2.22. The lowest BCUT2D eigenvalue weighted by molar-refractivity contribution is 0.0933. The van der Waals surface area contributed by atoms with Gasteiger partial charge in [0.15, 0.2) is 0 Å². The van der Waals surface area contributed by atoms with Crippen molar-refractivity contribution in [3.8, 4) is 0 Å². The van der Waals surface area contributed by atoms with Crippen LogP contribution in [0.25, 0.3) is 21.8 Å². The van der Waals surface area contributed by atoms with Crippen LogP contribution in [-0.2, 0) is 4.74 Å². The normalized spacial score (nSPS) is 11.1. The van der Waals surface area contributed by atoms with E-state index in [1.807, 2.05) is 30.3 Å². The summed E-state index contributed by atoms with van der Waals surface area (Å²) in [5.74, 6) is -0.137. The number of nitrogens with zero attached hydrogens (tertiary/aromatic N) is 1. The van der Waals surface area contributed by atoms with E-state index in [1.165, 1.54) is 0 Å². The van der Waals surface area contributed by atoms with E-state index in [0.717, 1.165) is 21.8 Å². The van der Waals surface area contributed by atoms with Crippen molar-refractivity contribution >= 4 is 27.7 Å². The molecule has 2 N–H and O–H groups in total. The molecule has 0 radical (unpaired) electrons. The summed E-state index contributed by atoms with van der Waals surface area (Å²) in [6, 6.07) is 9.73. The van der Waals surface area contributed by atoms with Gasteiger partial charge in [0.2, 0.25) is 0 Å². The summed E-state index contributed by atoms with van der Waals surface area (Å²) in [7, 11) is 1.60. The van der Waals surface area contributed by atoms with Crippen LogP contribution in [0.15, 0.2) is 36.5 Å². The Hall–Kier alpha value is -2.40. The smallest absolute Gasteiger partial charge is 0.267 e. The van der Waals surface area contributed by atoms with E-state index in [4.69, 9.17) is 4.74 Å². The Morgan fingerprint density at radius 3 is 3.05 bits per heavy atom. The van der Waals surface area contributed by atoms with Gasteiger partial charge in [0.25, 0.3) is 5.91 Å². The van der Waals surface area contributed by atoms with Gasteiger partial charge in [-0.25, -0.2) is 0 Å². The number of benzene rings is 1. The number of carbonyl (C=O) groups is 1. The van der Waals surface area contributed by atoms with Crippen LogP contribution in [0.4, 0.5) is 0 Å². The SMILES string of the molecule is COCCNC(=O)c1cc2ccc3cccnc3c2[nH]1. The molecule has 0 aliphatic carbocycles. The van der Waals surface area contributed by atoms with Crippen LogP contribution in [0.2, 0.25) is 0 Å². The summed E-state index contributed by atoms with van der Waals surface area (Å²) in [5.41, 5.74) is 2.30. The lowest BCUT2D eigenvalue weighted by Gasteiger charge is -2.01. The number of hydrogen-bond donors (Lipinski definition) is 2. The number of rotatable bonds is 4. The Balaban J connectivity index is 1.98. The van der Waals surface area contributed by atoms with Gasteiger partial charge in [-0.3, -0.25) is 9.78 Å². The third-order valence-corrected chi connectivity index (χ3v) is 3.20. The average Bonchev–Trinajstić information content (AvgIpc) is 2.92. The summed E-state index contributed by atoms with van der Waals surface area (Å²) in [6.45, 7) is 0.986. The molecule has 0 bridgehead atoms. The molecule has 1 aromatic carbocycles. The van der Waals surface area contributed by atoms with E-state index in [2.05, 4.69) is 15.3 Å². The molecule has 3 rings (SSSR count). The molecule has 0 unspecified atom stereocenters. The Morgan fingerprint density at radius 1 is 1.35 bits per heavy atom. The molecule has 5 nitrogen and oxygen atoms in total. The maximum atomic E-state index is 12.0. The molecule has 102 valence electrons. The molecule has 0 spiro atoms. The zero-order valence-corrected chi connectivity index (χ0v) is 11.1. The fourth-order valence-electron chi connectivity index (χ4n) is 2.22. The highest BCUT2D eigenvalue weighted by Gasteiger charge is 2.11. The monoisotopic (exact) mass is 269 g/mol. The minimum absolute atomic E-state index is 0.137. The molecule has 3 aromatic rings. The number of aromatic nitrogens is 2. The first kappa shape index (κ1) is 12.6. The van der Waals surface area contributed by atoms with E-state index in [9.17, 15) is 4.79 Å². The van der Waals surface area contributed by atoms with Gasteiger partial charge in [-0.1, -0.05) is 18.2 Å². The molecule has 0 saturated heterocycles. The second-order valence-electron chi connectivity index (χ2n) is 4.54. The van der Waals surface area contributed by atoms with E-state index in [1.54, 1.807) is 13.3 Å². The van der Waals surface area contributed by atoms with Crippen LogP contribution in [-0.4, -0.2) is 36.1 Å². The van der Waals surface area contributed by atoms with Crippen LogP contribution in [0.1, 0.15) is 10.5 Å². The molecule has 0 aliphatic heterocycles. The van der Waals surface area contributed by atoms with Gasteiger partial charge >= 0.3 is 0 Å². The molecule has 2 aromatic heterocycles. The number of carbonyl (C=O) groups excluding carboxylic acids is 1. The molecule has 5 heteroatoms. The number of amides is 1. The molecule has 0 saturated carbocycles. The lowest BCUT2D eigenvalue weighted by Crippen LogP contribution is -2.27. The minimum Gasteiger partial charge on any atom is -0.383 e. The van der Waals surface area contributed by atoms with Crippen LogP contribution < -0.4 is 5.32 Å². The minimum atomic E-state index is -0.137. The van der Waals surface area contributed by atoms with Crippen LogP contribution in [0, 0.1) is 0 Å². The average molecular weight is 269 g/mol. The summed E-state index contributed by atoms with van der Waals surface area (Å²) >= 11 is 0. The highest BCUT2D eigenvalue weighted by molar-refractivity contribution is 6.07. The first-order valence-corrected chi connectivity index (χ1v) is 6.43. The first-order valence-electron chi connectivity index (χ1n) is 6.43. The van der Waals surface area contributed by atoms with Gasteiger partial charge in [-0.2, -0.15) is 0 Å². The van der Waals surface area contributed by atoms with Crippen molar-refractivity contribution < 1.29 is 9.53 Å². The van der Waals surface area contributed by atoms with E-state index in [-0.39, 0.29) is 5.91 Å². The van der Waals surface area contributed by atoms with Gasteiger partial charge < -0.3 is 15.0 Å². The Labute approximate surface area is 116 Å². The zero-order valence-electron chi connectivity index (χ0n) is 11.1. The quantitative estimate of drug-likeness (QED) is 0.713. The second kappa shape index (κ2) is 5.30. The fraction of sp³-hybridized carbons (Fsp3) is 0.200. The number of nitrogens with one attached hydrogen (secondary N) is 2. The summed E-state index contributed by atoms with van der Waals surface area (Å²) in [5, 5.41) is 4.82. The van der Waals surface area contributed by atoms with Crippen molar-refractivity contribution in [2.45, 2.75) is 0 Å². The molecular formula is C15H15N3O2. The Morgan fingerprint density at radius 2 is 2.20 bits per heavy atom. The lowest BCUT2D eigenvalue weighted by atomic mass is 10.1. The number of methoxy groups -OCH3 is 1. The van der Waals surface area contributed by atoms with Crippen molar-refractivity contribution in [3.05, 3.63) is 42.2 Å². The molecule has 0 atom stereocenters. The third kappa shape index (κ3) is 2.23. The molecule has 2 heterocycles. The molecule has 20 heavy (non-hydrogen) atoms. The highest BCUT2D eigenvalue weighted by Crippen LogP contribution is 2.23. The summed E-state index contributed by atoms with van der Waals surface area (Å²) in [6.07, 6.45) is 1.75. The van der Waals surface area contributed by atoms with Gasteiger partial charge in [0, 0.05) is 30.6 Å². The third-order valence-electron chi connectivity index (χ3n) is 3.20. The van der Waals surface area contributed by atoms with Crippen molar-refractivity contribution in [2.24, 2.45) is 0 Å². The maximum Gasteiger partial charge on any atom is 0.267 e. The molecule has 1 amide bonds. The van der Waals surface area contributed by atoms with E-state index in [0.29, 0.717) is 18.8 Å². The van der Waals surface area contributed by atoms with Gasteiger partial charge in [0.05, 0.1) is 17.6 Å². The number of ether oxygens (including phenoxy) is 1. The number of pyridine rings is 1. The largest absolute Gasteiger partial charge is 0.383 e. The van der Waals surface area contributed by atoms with Gasteiger partial charge in [-0.15, -0.1) is 0 Å². The summed E-state index contributed by atoms with van der Waals surface area (Å²) < 4.78 is 4.91. The predicted octanol–water partition coefficient (Wildman–Crippen LogP) is 2.09. The summed E-state index contributed by atoms with van der Waals surface area (Å²) in [4.78, 5) is 19.5. The topological polar surface area (TPSA) is 67.0 Å². The first-order chi connectivity index (χ1) is 9.79. The van der Waals surface area contributed by atoms with Crippen molar-refractivity contribution in [1.29, 1.82) is 0 Å². The van der Waals surface area contributed by atoms with Crippen molar-refractivity contribution in [2.75, 3.05) is 20.3 Å². The number of hydrogen-bond acceptors (Lipinski definition) is 3. The Kier molecular flexibility index (Phi) is 3.35. The predicted molar refractivity (Wildman–Crippen MR) is 77.8 cm³/mol. The molecular weight excluding hydrogens is 254 g/mol. The number of fused-ring (bicyclic) bond motifs is 3. The molecule has 0 aliphatic rings. The highest BCUT2D eigenvalue weighted by atomic mass is 16.5. The zero-order chi connectivity index (χ0) is 13.9.